The first-order valence-electron chi connectivity index (χ1n) is 10.6. The topological polar surface area (TPSA) is 93.7 Å². The van der Waals surface area contributed by atoms with Crippen LogP contribution in [0.5, 0.6) is 6.01 Å². The number of thiophene rings is 1. The molecule has 1 aromatic carbocycles. The number of carbonyl (C=O) groups excluding carboxylic acids is 1. The highest BCUT2D eigenvalue weighted by molar-refractivity contribution is 7.10. The number of guanidine groups is 1. The van der Waals surface area contributed by atoms with Crippen molar-refractivity contribution < 1.29 is 9.53 Å². The van der Waals surface area contributed by atoms with Gasteiger partial charge in [-0.05, 0) is 53.8 Å². The maximum Gasteiger partial charge on any atom is 0.316 e. The van der Waals surface area contributed by atoms with E-state index in [4.69, 9.17) is 15.5 Å². The lowest BCUT2D eigenvalue weighted by Gasteiger charge is -2.40. The number of likely N-dealkylation sites (N-methyl/N-ethyl adjacent to an activating group) is 1. The van der Waals surface area contributed by atoms with Crippen LogP contribution >= 0.6 is 11.3 Å². The third-order valence-corrected chi connectivity index (χ3v) is 7.55. The van der Waals surface area contributed by atoms with Gasteiger partial charge in [-0.1, -0.05) is 24.3 Å². The van der Waals surface area contributed by atoms with Crippen LogP contribution in [-0.2, 0) is 10.3 Å². The van der Waals surface area contributed by atoms with Crippen molar-refractivity contribution in [3.63, 3.8) is 0 Å². The third-order valence-electron chi connectivity index (χ3n) is 6.39. The number of benzene rings is 1. The van der Waals surface area contributed by atoms with Crippen LogP contribution < -0.4 is 10.5 Å². The fourth-order valence-electron chi connectivity index (χ4n) is 4.29. The van der Waals surface area contributed by atoms with Gasteiger partial charge in [0.05, 0.1) is 13.0 Å². The number of aliphatic imine (C=N–C) groups is 1. The molecule has 0 spiro atoms. The summed E-state index contributed by atoms with van der Waals surface area (Å²) in [6.45, 7) is 1.99. The second-order valence-corrected chi connectivity index (χ2v) is 9.46. The van der Waals surface area contributed by atoms with Crippen molar-refractivity contribution in [2.45, 2.75) is 37.1 Å². The Labute approximate surface area is 191 Å². The molecule has 1 amide bonds. The molecule has 3 heterocycles. The molecule has 5 rings (SSSR count). The minimum absolute atomic E-state index is 0.0538. The summed E-state index contributed by atoms with van der Waals surface area (Å²) >= 11 is 1.56. The first kappa shape index (κ1) is 20.6. The number of aromatic nitrogens is 2. The second kappa shape index (κ2) is 7.70. The molecule has 1 saturated carbocycles. The number of amides is 1. The summed E-state index contributed by atoms with van der Waals surface area (Å²) < 4.78 is 5.05. The zero-order valence-electron chi connectivity index (χ0n) is 18.3. The molecule has 7 nitrogen and oxygen atoms in total. The lowest BCUT2D eigenvalue weighted by atomic mass is 9.77. The molecule has 164 valence electrons. The Balaban J connectivity index is 1.55. The summed E-state index contributed by atoms with van der Waals surface area (Å²) in [5.41, 5.74) is 9.49. The standard InChI is InChI=1S/C24H25N5O2S/c1-24(19-10-17(13-32-19)18-11-26-23(31-3)27-12-18)20(21(30)29(2)22(25)28-24)16-8-6-15(7-9-16)14-4-5-14/h6-14,20H,4-5H2,1-3H3,(H2,25,28)/t20?,24-/m1/s1. The summed E-state index contributed by atoms with van der Waals surface area (Å²) in [5.74, 6) is 0.375. The van der Waals surface area contributed by atoms with E-state index in [0.29, 0.717) is 11.9 Å². The molecule has 2 aromatic heterocycles. The van der Waals surface area contributed by atoms with Crippen molar-refractivity contribution in [1.29, 1.82) is 0 Å². The van der Waals surface area contributed by atoms with Crippen molar-refractivity contribution in [2.24, 2.45) is 10.7 Å². The molecule has 8 heteroatoms. The van der Waals surface area contributed by atoms with Crippen LogP contribution in [0.1, 0.15) is 47.6 Å². The van der Waals surface area contributed by atoms with Gasteiger partial charge in [0, 0.05) is 29.9 Å². The van der Waals surface area contributed by atoms with E-state index in [-0.39, 0.29) is 11.9 Å². The van der Waals surface area contributed by atoms with Crippen molar-refractivity contribution in [1.82, 2.24) is 14.9 Å². The minimum Gasteiger partial charge on any atom is -0.467 e. The highest BCUT2D eigenvalue weighted by Gasteiger charge is 2.48. The average Bonchev–Trinajstić information content (AvgIpc) is 3.53. The van der Waals surface area contributed by atoms with Crippen LogP contribution in [0.2, 0.25) is 0 Å². The van der Waals surface area contributed by atoms with E-state index in [9.17, 15) is 4.79 Å². The smallest absolute Gasteiger partial charge is 0.316 e. The number of hydrogen-bond donors (Lipinski definition) is 1. The van der Waals surface area contributed by atoms with E-state index >= 15 is 0 Å². The van der Waals surface area contributed by atoms with E-state index < -0.39 is 11.5 Å². The molecule has 1 aliphatic heterocycles. The highest BCUT2D eigenvalue weighted by Crippen LogP contribution is 2.47. The van der Waals surface area contributed by atoms with E-state index in [1.807, 2.05) is 12.3 Å². The number of methoxy groups -OCH3 is 1. The number of ether oxygens (including phenoxy) is 1. The lowest BCUT2D eigenvalue weighted by Crippen LogP contribution is -2.52. The van der Waals surface area contributed by atoms with Crippen LogP contribution in [0.25, 0.3) is 11.1 Å². The summed E-state index contributed by atoms with van der Waals surface area (Å²) in [5, 5.41) is 2.04. The SMILES string of the molecule is COc1ncc(-c2csc([C@@]3(C)N=C(N)N(C)C(=O)C3c3ccc(C4CC4)cc3)c2)cn1. The van der Waals surface area contributed by atoms with Crippen molar-refractivity contribution in [2.75, 3.05) is 14.2 Å². The van der Waals surface area contributed by atoms with Crippen LogP contribution in [0.3, 0.4) is 0 Å². The fourth-order valence-corrected chi connectivity index (χ4v) is 5.35. The maximum absolute atomic E-state index is 13.4. The van der Waals surface area contributed by atoms with Gasteiger partial charge in [-0.25, -0.2) is 15.0 Å². The van der Waals surface area contributed by atoms with Gasteiger partial charge in [0.1, 0.15) is 5.54 Å². The number of nitrogens with zero attached hydrogens (tertiary/aromatic N) is 4. The molecule has 32 heavy (non-hydrogen) atoms. The van der Waals surface area contributed by atoms with Gasteiger partial charge in [0.2, 0.25) is 5.91 Å². The Morgan fingerprint density at radius 1 is 1.12 bits per heavy atom. The van der Waals surface area contributed by atoms with E-state index in [1.54, 1.807) is 30.8 Å². The average molecular weight is 448 g/mol. The Morgan fingerprint density at radius 2 is 1.78 bits per heavy atom. The Bertz CT molecular complexity index is 1180. The normalized spacial score (nSPS) is 23.2. The number of nitrogens with two attached hydrogens (primary N) is 1. The quantitative estimate of drug-likeness (QED) is 0.641. The summed E-state index contributed by atoms with van der Waals surface area (Å²) in [7, 11) is 3.22. The molecule has 0 radical (unpaired) electrons. The molecular formula is C24H25N5O2S. The van der Waals surface area contributed by atoms with Crippen LogP contribution in [0.4, 0.5) is 0 Å². The van der Waals surface area contributed by atoms with Gasteiger partial charge in [-0.2, -0.15) is 0 Å². The largest absolute Gasteiger partial charge is 0.467 e. The lowest BCUT2D eigenvalue weighted by molar-refractivity contribution is -0.130. The van der Waals surface area contributed by atoms with Crippen LogP contribution in [0.15, 0.2) is 53.1 Å². The molecule has 1 aliphatic carbocycles. The Hall–Kier alpha value is -3.26. The van der Waals surface area contributed by atoms with E-state index in [1.165, 1.54) is 30.4 Å². The van der Waals surface area contributed by atoms with Gasteiger partial charge in [0.15, 0.2) is 5.96 Å². The van der Waals surface area contributed by atoms with Gasteiger partial charge < -0.3 is 10.5 Å². The first-order chi connectivity index (χ1) is 15.4. The highest BCUT2D eigenvalue weighted by atomic mass is 32.1. The minimum atomic E-state index is -0.814. The Kier molecular flexibility index (Phi) is 4.97. The molecule has 3 aromatic rings. The number of rotatable bonds is 5. The number of hydrogen-bond acceptors (Lipinski definition) is 7. The molecule has 1 fully saturated rings. The van der Waals surface area contributed by atoms with Gasteiger partial charge in [-0.3, -0.25) is 9.69 Å². The molecule has 2 aliphatic rings. The molecule has 1 unspecified atom stereocenters. The Morgan fingerprint density at radius 3 is 2.41 bits per heavy atom. The summed E-state index contributed by atoms with van der Waals surface area (Å²) in [6, 6.07) is 10.8. The maximum atomic E-state index is 13.4. The van der Waals surface area contributed by atoms with Gasteiger partial charge >= 0.3 is 6.01 Å². The molecule has 2 atom stereocenters. The van der Waals surface area contributed by atoms with Gasteiger partial charge in [0.25, 0.3) is 0 Å². The van der Waals surface area contributed by atoms with E-state index in [0.717, 1.165) is 21.6 Å². The molecule has 2 N–H and O–H groups in total. The molecule has 0 bridgehead atoms. The fraction of sp³-hybridized carbons (Fsp3) is 0.333. The zero-order chi connectivity index (χ0) is 22.5. The molecular weight excluding hydrogens is 422 g/mol. The summed E-state index contributed by atoms with van der Waals surface area (Å²) in [6.07, 6.45) is 5.95. The second-order valence-electron chi connectivity index (χ2n) is 8.55. The van der Waals surface area contributed by atoms with Crippen LogP contribution in [0, 0.1) is 0 Å². The first-order valence-corrected chi connectivity index (χ1v) is 11.5. The van der Waals surface area contributed by atoms with Crippen molar-refractivity contribution in [3.8, 4) is 17.1 Å². The zero-order valence-corrected chi connectivity index (χ0v) is 19.1. The predicted molar refractivity (Wildman–Crippen MR) is 125 cm³/mol. The van der Waals surface area contributed by atoms with Crippen molar-refractivity contribution >= 4 is 23.2 Å². The predicted octanol–water partition coefficient (Wildman–Crippen LogP) is 3.88. The van der Waals surface area contributed by atoms with Crippen LogP contribution in [-0.4, -0.2) is 40.9 Å². The molecule has 0 saturated heterocycles. The van der Waals surface area contributed by atoms with Gasteiger partial charge in [-0.15, -0.1) is 11.3 Å². The number of carbonyl (C=O) groups is 1. The monoisotopic (exact) mass is 447 g/mol. The van der Waals surface area contributed by atoms with Crippen molar-refractivity contribution in [3.05, 3.63) is 64.1 Å². The third kappa shape index (κ3) is 3.44. The summed E-state index contributed by atoms with van der Waals surface area (Å²) in [4.78, 5) is 29.1. The van der Waals surface area contributed by atoms with E-state index in [2.05, 4.69) is 40.3 Å².